The molecule has 1 aromatic heterocycles. The summed E-state index contributed by atoms with van der Waals surface area (Å²) in [5.41, 5.74) is 2.68. The van der Waals surface area contributed by atoms with Gasteiger partial charge in [0.05, 0.1) is 17.8 Å². The summed E-state index contributed by atoms with van der Waals surface area (Å²) in [5, 5.41) is 1.48. The molecule has 7 heteroatoms. The van der Waals surface area contributed by atoms with Gasteiger partial charge in [-0.05, 0) is 37.1 Å². The molecule has 0 spiro atoms. The molecule has 0 unspecified atom stereocenters. The molecule has 1 heterocycles. The number of carbonyl (C=O) groups excluding carboxylic acids is 1. The summed E-state index contributed by atoms with van der Waals surface area (Å²) in [6.07, 6.45) is 7.22. The Balaban J connectivity index is 1.75. The fourth-order valence-corrected chi connectivity index (χ4v) is 6.14. The second-order valence-corrected chi connectivity index (χ2v) is 9.92. The quantitative estimate of drug-likeness (QED) is 0.344. The minimum Gasteiger partial charge on any atom is -0.496 e. The van der Waals surface area contributed by atoms with Crippen molar-refractivity contribution in [2.45, 2.75) is 44.7 Å². The van der Waals surface area contributed by atoms with Crippen LogP contribution in [0.25, 0.3) is 10.1 Å². The lowest BCUT2D eigenvalue weighted by molar-refractivity contribution is 0.0618. The molecule has 0 aliphatic heterocycles. The molecule has 0 saturated heterocycles. The van der Waals surface area contributed by atoms with E-state index in [2.05, 4.69) is 16.1 Å². The van der Waals surface area contributed by atoms with E-state index in [9.17, 15) is 4.79 Å². The maximum absolute atomic E-state index is 14.0. The summed E-state index contributed by atoms with van der Waals surface area (Å²) in [4.78, 5) is 25.1. The number of ether oxygens (including phenoxy) is 1. The van der Waals surface area contributed by atoms with Crippen molar-refractivity contribution in [1.82, 2.24) is 4.90 Å². The van der Waals surface area contributed by atoms with Crippen LogP contribution in [0.5, 0.6) is 5.75 Å². The molecule has 2 aromatic carbocycles. The normalized spacial score (nSPS) is 15.2. The van der Waals surface area contributed by atoms with Crippen molar-refractivity contribution in [3.8, 4) is 5.75 Å². The molecule has 1 aliphatic carbocycles. The van der Waals surface area contributed by atoms with Crippen LogP contribution in [0.3, 0.4) is 0 Å². The first kappa shape index (κ1) is 24.4. The number of carbonyl (C=O) groups is 1. The van der Waals surface area contributed by atoms with Crippen molar-refractivity contribution in [3.63, 3.8) is 0 Å². The van der Waals surface area contributed by atoms with Crippen LogP contribution in [-0.4, -0.2) is 50.0 Å². The standard InChI is InChI=1S/C27H30ClN3O2S/c1-29-16-22(30-2)18-13-14-23(33-3)19(15-18)17-31(20-9-5-4-6-10-20)27(32)26-25(28)21-11-7-8-12-24(21)34-26/h7-8,11-16,20H,4-6,9-10,17H2,1-3H3. The lowest BCUT2D eigenvalue weighted by Crippen LogP contribution is -2.40. The van der Waals surface area contributed by atoms with Gasteiger partial charge in [0.1, 0.15) is 10.6 Å². The third-order valence-corrected chi connectivity index (χ3v) is 8.08. The van der Waals surface area contributed by atoms with Crippen molar-refractivity contribution in [1.29, 1.82) is 0 Å². The van der Waals surface area contributed by atoms with Crippen LogP contribution in [0.4, 0.5) is 0 Å². The number of hydrogen-bond donors (Lipinski definition) is 0. The molecule has 4 rings (SSSR count). The van der Waals surface area contributed by atoms with Gasteiger partial charge in [0.15, 0.2) is 0 Å². The third-order valence-electron chi connectivity index (χ3n) is 6.41. The number of methoxy groups -OCH3 is 1. The fraction of sp³-hybridized carbons (Fsp3) is 0.370. The molecule has 34 heavy (non-hydrogen) atoms. The fourth-order valence-electron chi connectivity index (χ4n) is 4.67. The van der Waals surface area contributed by atoms with E-state index in [0.717, 1.165) is 58.4 Å². The molecule has 0 atom stereocenters. The number of halogens is 1. The lowest BCUT2D eigenvalue weighted by atomic mass is 9.93. The van der Waals surface area contributed by atoms with Crippen molar-refractivity contribution < 1.29 is 9.53 Å². The zero-order valence-electron chi connectivity index (χ0n) is 19.9. The van der Waals surface area contributed by atoms with Gasteiger partial charge >= 0.3 is 0 Å². The monoisotopic (exact) mass is 495 g/mol. The van der Waals surface area contributed by atoms with Crippen LogP contribution in [0.15, 0.2) is 52.4 Å². The largest absolute Gasteiger partial charge is 0.496 e. The number of nitrogens with zero attached hydrogens (tertiary/aromatic N) is 3. The first-order valence-electron chi connectivity index (χ1n) is 11.6. The molecule has 1 fully saturated rings. The number of benzene rings is 2. The smallest absolute Gasteiger partial charge is 0.266 e. The summed E-state index contributed by atoms with van der Waals surface area (Å²) in [6.45, 7) is 0.450. The van der Waals surface area contributed by atoms with Gasteiger partial charge in [0, 0.05) is 54.1 Å². The molecule has 178 valence electrons. The molecule has 5 nitrogen and oxygen atoms in total. The Morgan fingerprint density at radius 1 is 1.18 bits per heavy atom. The van der Waals surface area contributed by atoms with Gasteiger partial charge in [-0.2, -0.15) is 0 Å². The van der Waals surface area contributed by atoms with Crippen LogP contribution in [0, 0.1) is 0 Å². The maximum Gasteiger partial charge on any atom is 0.266 e. The Hall–Kier alpha value is -2.70. The first-order valence-corrected chi connectivity index (χ1v) is 12.8. The predicted octanol–water partition coefficient (Wildman–Crippen LogP) is 6.66. The number of amides is 1. The van der Waals surface area contributed by atoms with E-state index < -0.39 is 0 Å². The summed E-state index contributed by atoms with van der Waals surface area (Å²) < 4.78 is 6.71. The zero-order chi connectivity index (χ0) is 24.1. The van der Waals surface area contributed by atoms with E-state index >= 15 is 0 Å². The van der Waals surface area contributed by atoms with Crippen LogP contribution in [0.2, 0.25) is 5.02 Å². The Bertz CT molecular complexity index is 1230. The Morgan fingerprint density at radius 3 is 2.62 bits per heavy atom. The second-order valence-electron chi connectivity index (χ2n) is 8.49. The highest BCUT2D eigenvalue weighted by Crippen LogP contribution is 2.38. The van der Waals surface area contributed by atoms with Crippen LogP contribution in [-0.2, 0) is 6.54 Å². The van der Waals surface area contributed by atoms with Crippen LogP contribution in [0.1, 0.15) is 52.9 Å². The summed E-state index contributed by atoms with van der Waals surface area (Å²) >= 11 is 8.20. The molecule has 1 amide bonds. The highest BCUT2D eigenvalue weighted by atomic mass is 35.5. The van der Waals surface area contributed by atoms with Gasteiger partial charge in [-0.1, -0.05) is 49.1 Å². The Kier molecular flexibility index (Phi) is 8.01. The molecular weight excluding hydrogens is 466 g/mol. The van der Waals surface area contributed by atoms with E-state index in [-0.39, 0.29) is 11.9 Å². The molecule has 0 radical (unpaired) electrons. The average Bonchev–Trinajstić information content (AvgIpc) is 3.22. The second kappa shape index (κ2) is 11.2. The first-order chi connectivity index (χ1) is 16.6. The molecular formula is C27H30ClN3O2S. The summed E-state index contributed by atoms with van der Waals surface area (Å²) in [7, 11) is 5.15. The summed E-state index contributed by atoms with van der Waals surface area (Å²) in [6, 6.07) is 14.1. The predicted molar refractivity (Wildman–Crippen MR) is 143 cm³/mol. The van der Waals surface area contributed by atoms with E-state index in [1.807, 2.05) is 41.3 Å². The van der Waals surface area contributed by atoms with Gasteiger partial charge in [-0.25, -0.2) is 0 Å². The molecule has 3 aromatic rings. The van der Waals surface area contributed by atoms with E-state index in [1.54, 1.807) is 27.4 Å². The molecule has 0 N–H and O–H groups in total. The highest BCUT2D eigenvalue weighted by Gasteiger charge is 2.30. The van der Waals surface area contributed by atoms with Gasteiger partial charge in [-0.15, -0.1) is 11.3 Å². The van der Waals surface area contributed by atoms with Crippen molar-refractivity contribution in [3.05, 3.63) is 63.5 Å². The molecule has 1 saturated carbocycles. The topological polar surface area (TPSA) is 54.3 Å². The van der Waals surface area contributed by atoms with Crippen LogP contribution < -0.4 is 4.74 Å². The number of fused-ring (bicyclic) bond motifs is 1. The van der Waals surface area contributed by atoms with Crippen molar-refractivity contribution in [2.24, 2.45) is 9.98 Å². The number of hydrogen-bond acceptors (Lipinski definition) is 5. The zero-order valence-corrected chi connectivity index (χ0v) is 21.5. The SMILES string of the molecule is CN=CC(=NC)c1ccc(OC)c(CN(C(=O)c2sc3ccccc3c2Cl)C2CCCCC2)c1. The van der Waals surface area contributed by atoms with E-state index in [1.165, 1.54) is 17.8 Å². The average molecular weight is 496 g/mol. The van der Waals surface area contributed by atoms with Gasteiger partial charge in [-0.3, -0.25) is 14.8 Å². The van der Waals surface area contributed by atoms with Gasteiger partial charge < -0.3 is 9.64 Å². The van der Waals surface area contributed by atoms with Gasteiger partial charge in [0.25, 0.3) is 5.91 Å². The minimum absolute atomic E-state index is 0.00920. The Labute approximate surface area is 210 Å². The molecule has 0 bridgehead atoms. The van der Waals surface area contributed by atoms with E-state index in [4.69, 9.17) is 16.3 Å². The lowest BCUT2D eigenvalue weighted by Gasteiger charge is -2.34. The third kappa shape index (κ3) is 5.03. The van der Waals surface area contributed by atoms with E-state index in [0.29, 0.717) is 16.4 Å². The number of thiophene rings is 1. The van der Waals surface area contributed by atoms with Crippen molar-refractivity contribution >= 4 is 50.9 Å². The minimum atomic E-state index is -0.00920. The summed E-state index contributed by atoms with van der Waals surface area (Å²) in [5.74, 6) is 0.744. The van der Waals surface area contributed by atoms with Crippen LogP contribution >= 0.6 is 22.9 Å². The highest BCUT2D eigenvalue weighted by molar-refractivity contribution is 7.21. The number of rotatable bonds is 7. The van der Waals surface area contributed by atoms with Crippen molar-refractivity contribution in [2.75, 3.05) is 21.2 Å². The van der Waals surface area contributed by atoms with Gasteiger partial charge in [0.2, 0.25) is 0 Å². The Morgan fingerprint density at radius 2 is 1.94 bits per heavy atom. The molecule has 1 aliphatic rings. The number of aliphatic imine (C=N–C) groups is 2. The maximum atomic E-state index is 14.0.